The van der Waals surface area contributed by atoms with E-state index in [0.29, 0.717) is 5.69 Å². The molecule has 0 spiro atoms. The molecule has 0 atom stereocenters. The Morgan fingerprint density at radius 3 is 2.17 bits per heavy atom. The van der Waals surface area contributed by atoms with E-state index in [1.165, 1.54) is 6.20 Å². The second-order valence-electron chi connectivity index (χ2n) is 5.18. The molecular formula is C18H16N2O2S. The van der Waals surface area contributed by atoms with E-state index in [9.17, 15) is 8.42 Å². The summed E-state index contributed by atoms with van der Waals surface area (Å²) >= 11 is 0. The van der Waals surface area contributed by atoms with E-state index in [1.54, 1.807) is 24.4 Å². The molecule has 0 saturated heterocycles. The molecule has 116 valence electrons. The number of nitrogens with zero attached hydrogens (tertiary/aromatic N) is 1. The van der Waals surface area contributed by atoms with Crippen LogP contribution in [-0.2, 0) is 15.8 Å². The molecule has 0 saturated carbocycles. The molecule has 5 heteroatoms. The quantitative estimate of drug-likeness (QED) is 0.778. The summed E-state index contributed by atoms with van der Waals surface area (Å²) in [6, 6.07) is 20.6. The second kappa shape index (κ2) is 6.62. The fourth-order valence-electron chi connectivity index (χ4n) is 2.29. The number of nitrogens with one attached hydrogen (secondary N) is 1. The van der Waals surface area contributed by atoms with Crippen LogP contribution in [0.5, 0.6) is 0 Å². The Morgan fingerprint density at radius 1 is 0.826 bits per heavy atom. The molecule has 0 aliphatic rings. The van der Waals surface area contributed by atoms with Crippen LogP contribution in [0.2, 0.25) is 0 Å². The third kappa shape index (κ3) is 4.17. The predicted molar refractivity (Wildman–Crippen MR) is 92.4 cm³/mol. The molecule has 3 aromatic rings. The number of pyridine rings is 1. The van der Waals surface area contributed by atoms with E-state index in [1.807, 2.05) is 48.5 Å². The van der Waals surface area contributed by atoms with E-state index >= 15 is 0 Å². The summed E-state index contributed by atoms with van der Waals surface area (Å²) in [5, 5.41) is 0. The van der Waals surface area contributed by atoms with Crippen molar-refractivity contribution < 1.29 is 8.42 Å². The highest BCUT2D eigenvalue weighted by molar-refractivity contribution is 7.91. The van der Waals surface area contributed by atoms with Gasteiger partial charge in [0.1, 0.15) is 0 Å². The van der Waals surface area contributed by atoms with E-state index in [2.05, 4.69) is 9.71 Å². The summed E-state index contributed by atoms with van der Waals surface area (Å²) in [5.41, 5.74) is 3.06. The maximum Gasteiger partial charge on any atom is 0.236 e. The van der Waals surface area contributed by atoms with Gasteiger partial charge in [-0.25, -0.2) is 8.42 Å². The predicted octanol–water partition coefficient (Wildman–Crippen LogP) is 3.69. The first-order valence-corrected chi connectivity index (χ1v) is 8.82. The number of rotatable bonds is 5. The van der Waals surface area contributed by atoms with Gasteiger partial charge in [-0.2, -0.15) is 0 Å². The molecule has 0 fully saturated rings. The van der Waals surface area contributed by atoms with Gasteiger partial charge in [-0.1, -0.05) is 60.7 Å². The molecule has 4 nitrogen and oxygen atoms in total. The Bertz CT molecular complexity index is 879. The third-order valence-corrected chi connectivity index (χ3v) is 4.58. The molecule has 0 aliphatic heterocycles. The molecule has 1 aromatic heterocycles. The van der Waals surface area contributed by atoms with Crippen LogP contribution in [-0.4, -0.2) is 13.4 Å². The summed E-state index contributed by atoms with van der Waals surface area (Å²) in [6.07, 6.45) is 3.22. The molecule has 23 heavy (non-hydrogen) atoms. The molecular weight excluding hydrogens is 308 g/mol. The minimum absolute atomic E-state index is 0.0661. The van der Waals surface area contributed by atoms with E-state index in [-0.39, 0.29) is 5.75 Å². The first-order chi connectivity index (χ1) is 11.1. The zero-order valence-electron chi connectivity index (χ0n) is 12.4. The Labute approximate surface area is 135 Å². The summed E-state index contributed by atoms with van der Waals surface area (Å²) < 4.78 is 27.1. The van der Waals surface area contributed by atoms with Gasteiger partial charge in [-0.15, -0.1) is 0 Å². The van der Waals surface area contributed by atoms with Gasteiger partial charge in [-0.3, -0.25) is 9.71 Å². The van der Waals surface area contributed by atoms with Gasteiger partial charge in [0.2, 0.25) is 10.0 Å². The van der Waals surface area contributed by atoms with Crippen LogP contribution in [0.1, 0.15) is 5.56 Å². The van der Waals surface area contributed by atoms with Crippen LogP contribution in [0, 0.1) is 0 Å². The van der Waals surface area contributed by atoms with Crippen molar-refractivity contribution in [3.05, 3.63) is 84.7 Å². The fraction of sp³-hybridized carbons (Fsp3) is 0.0556. The van der Waals surface area contributed by atoms with Crippen LogP contribution in [0.25, 0.3) is 11.1 Å². The number of hydrogen-bond donors (Lipinski definition) is 1. The number of sulfonamides is 1. The first kappa shape index (κ1) is 15.2. The Morgan fingerprint density at radius 2 is 1.48 bits per heavy atom. The SMILES string of the molecule is O=S(=O)(Cc1ccccc1)Nc1cncc(-c2ccccc2)c1. The summed E-state index contributed by atoms with van der Waals surface area (Å²) in [5.74, 6) is -0.0661. The minimum Gasteiger partial charge on any atom is -0.282 e. The largest absolute Gasteiger partial charge is 0.282 e. The van der Waals surface area contributed by atoms with Crippen molar-refractivity contribution in [2.75, 3.05) is 4.72 Å². The van der Waals surface area contributed by atoms with Gasteiger partial charge in [0, 0.05) is 11.8 Å². The monoisotopic (exact) mass is 324 g/mol. The molecule has 1 N–H and O–H groups in total. The molecule has 0 aliphatic carbocycles. The molecule has 2 aromatic carbocycles. The van der Waals surface area contributed by atoms with Gasteiger partial charge in [-0.05, 0) is 17.2 Å². The van der Waals surface area contributed by atoms with Crippen LogP contribution in [0.15, 0.2) is 79.1 Å². The standard InChI is InChI=1S/C18H16N2O2S/c21-23(22,14-15-7-3-1-4-8-15)20-18-11-17(12-19-13-18)16-9-5-2-6-10-16/h1-13,20H,14H2. The number of benzene rings is 2. The number of anilines is 1. The van der Waals surface area contributed by atoms with Crippen molar-refractivity contribution in [2.24, 2.45) is 0 Å². The summed E-state index contributed by atoms with van der Waals surface area (Å²) in [6.45, 7) is 0. The van der Waals surface area contributed by atoms with E-state index in [4.69, 9.17) is 0 Å². The van der Waals surface area contributed by atoms with Crippen LogP contribution in [0.4, 0.5) is 5.69 Å². The lowest BCUT2D eigenvalue weighted by Crippen LogP contribution is -2.15. The smallest absolute Gasteiger partial charge is 0.236 e. The van der Waals surface area contributed by atoms with E-state index in [0.717, 1.165) is 16.7 Å². The number of hydrogen-bond acceptors (Lipinski definition) is 3. The van der Waals surface area contributed by atoms with Crippen molar-refractivity contribution >= 4 is 15.7 Å². The Balaban J connectivity index is 1.80. The highest BCUT2D eigenvalue weighted by Gasteiger charge is 2.12. The average Bonchev–Trinajstić information content (AvgIpc) is 2.56. The number of aromatic nitrogens is 1. The summed E-state index contributed by atoms with van der Waals surface area (Å²) in [4.78, 5) is 4.13. The van der Waals surface area contributed by atoms with Gasteiger partial charge >= 0.3 is 0 Å². The van der Waals surface area contributed by atoms with Crippen molar-refractivity contribution in [2.45, 2.75) is 5.75 Å². The highest BCUT2D eigenvalue weighted by atomic mass is 32.2. The lowest BCUT2D eigenvalue weighted by atomic mass is 10.1. The fourth-order valence-corrected chi connectivity index (χ4v) is 3.47. The summed E-state index contributed by atoms with van der Waals surface area (Å²) in [7, 11) is -3.48. The maximum absolute atomic E-state index is 12.3. The average molecular weight is 324 g/mol. The topological polar surface area (TPSA) is 59.1 Å². The van der Waals surface area contributed by atoms with Crippen LogP contribution < -0.4 is 4.72 Å². The molecule has 0 amide bonds. The molecule has 0 radical (unpaired) electrons. The maximum atomic E-state index is 12.3. The zero-order chi connectivity index (χ0) is 16.1. The van der Waals surface area contributed by atoms with Crippen LogP contribution >= 0.6 is 0 Å². The van der Waals surface area contributed by atoms with Crippen molar-refractivity contribution in [3.8, 4) is 11.1 Å². The zero-order valence-corrected chi connectivity index (χ0v) is 13.2. The van der Waals surface area contributed by atoms with Crippen molar-refractivity contribution in [3.63, 3.8) is 0 Å². The Hall–Kier alpha value is -2.66. The van der Waals surface area contributed by atoms with Gasteiger partial charge in [0.25, 0.3) is 0 Å². The van der Waals surface area contributed by atoms with Gasteiger partial charge in [0.15, 0.2) is 0 Å². The lowest BCUT2D eigenvalue weighted by Gasteiger charge is -2.09. The lowest BCUT2D eigenvalue weighted by molar-refractivity contribution is 0.600. The van der Waals surface area contributed by atoms with Crippen molar-refractivity contribution in [1.82, 2.24) is 4.98 Å². The van der Waals surface area contributed by atoms with Gasteiger partial charge in [0.05, 0.1) is 17.6 Å². The third-order valence-electron chi connectivity index (χ3n) is 3.32. The second-order valence-corrected chi connectivity index (χ2v) is 6.90. The normalized spacial score (nSPS) is 11.1. The highest BCUT2D eigenvalue weighted by Crippen LogP contribution is 2.22. The Kier molecular flexibility index (Phi) is 4.39. The molecule has 0 bridgehead atoms. The first-order valence-electron chi connectivity index (χ1n) is 7.17. The minimum atomic E-state index is -3.48. The van der Waals surface area contributed by atoms with E-state index < -0.39 is 10.0 Å². The molecule has 3 rings (SSSR count). The molecule has 1 heterocycles. The van der Waals surface area contributed by atoms with Crippen molar-refractivity contribution in [1.29, 1.82) is 0 Å². The van der Waals surface area contributed by atoms with Gasteiger partial charge < -0.3 is 0 Å². The van der Waals surface area contributed by atoms with Crippen LogP contribution in [0.3, 0.4) is 0 Å². The molecule has 0 unspecified atom stereocenters.